The number of nitrogens with zero attached hydrogens (tertiary/aromatic N) is 3. The molecule has 2 rings (SSSR count). The van der Waals surface area contributed by atoms with Gasteiger partial charge in [0.15, 0.2) is 0 Å². The maximum atomic E-state index is 13.2. The first-order valence-electron chi connectivity index (χ1n) is 7.05. The summed E-state index contributed by atoms with van der Waals surface area (Å²) in [5.41, 5.74) is 1.19. The van der Waals surface area contributed by atoms with Crippen molar-refractivity contribution >= 4 is 21.7 Å². The van der Waals surface area contributed by atoms with Gasteiger partial charge in [0.2, 0.25) is 16.0 Å². The van der Waals surface area contributed by atoms with E-state index in [1.165, 1.54) is 0 Å². The van der Waals surface area contributed by atoms with Crippen molar-refractivity contribution in [1.29, 1.82) is 0 Å². The van der Waals surface area contributed by atoms with Gasteiger partial charge < -0.3 is 4.90 Å². The monoisotopic (exact) mass is 356 g/mol. The summed E-state index contributed by atoms with van der Waals surface area (Å²) in [4.78, 5) is 10.1. The van der Waals surface area contributed by atoms with Crippen molar-refractivity contribution in [3.05, 3.63) is 46.8 Å². The van der Waals surface area contributed by atoms with Crippen molar-refractivity contribution in [1.82, 2.24) is 9.97 Å². The van der Waals surface area contributed by atoms with Gasteiger partial charge in [-0.15, -0.1) is 0 Å². The van der Waals surface area contributed by atoms with Gasteiger partial charge in [-0.2, -0.15) is 0 Å². The molecule has 0 unspecified atom stereocenters. The van der Waals surface area contributed by atoms with Crippen LogP contribution in [-0.2, 0) is 15.8 Å². The molecule has 0 bridgehead atoms. The molecule has 0 aliphatic carbocycles. The second-order valence-electron chi connectivity index (χ2n) is 5.60. The van der Waals surface area contributed by atoms with Gasteiger partial charge in [-0.25, -0.2) is 27.2 Å². The number of nitrogens with one attached hydrogen (secondary N) is 1. The highest BCUT2D eigenvalue weighted by molar-refractivity contribution is 7.91. The highest BCUT2D eigenvalue weighted by Gasteiger charge is 2.18. The fourth-order valence-electron chi connectivity index (χ4n) is 2.15. The van der Waals surface area contributed by atoms with Gasteiger partial charge >= 0.3 is 0 Å². The Labute approximate surface area is 139 Å². The minimum absolute atomic E-state index is 0.0149. The third kappa shape index (κ3) is 4.38. The Hall–Kier alpha value is -2.29. The van der Waals surface area contributed by atoms with Crippen LogP contribution in [-0.4, -0.2) is 32.5 Å². The van der Waals surface area contributed by atoms with Crippen LogP contribution in [0.5, 0.6) is 0 Å². The maximum Gasteiger partial charge on any atom is 0.237 e. The van der Waals surface area contributed by atoms with Crippen LogP contribution in [0, 0.1) is 25.5 Å². The highest BCUT2D eigenvalue weighted by Crippen LogP contribution is 2.22. The molecule has 0 atom stereocenters. The number of sulfonamides is 1. The molecule has 9 heteroatoms. The number of aryl methyl sites for hydroxylation is 2. The number of aromatic nitrogens is 2. The van der Waals surface area contributed by atoms with Crippen molar-refractivity contribution < 1.29 is 17.2 Å². The molecule has 0 saturated heterocycles. The van der Waals surface area contributed by atoms with Gasteiger partial charge in [0.1, 0.15) is 11.6 Å². The molecule has 1 aromatic carbocycles. The lowest BCUT2D eigenvalue weighted by atomic mass is 10.2. The number of benzene rings is 1. The molecular formula is C15H18F2N4O2S. The Bertz CT molecular complexity index is 827. The van der Waals surface area contributed by atoms with Crippen LogP contribution in [0.4, 0.5) is 20.4 Å². The Balaban J connectivity index is 2.29. The second kappa shape index (κ2) is 6.68. The van der Waals surface area contributed by atoms with E-state index in [1.54, 1.807) is 32.8 Å². The highest BCUT2D eigenvalue weighted by atomic mass is 32.2. The normalized spacial score (nSPS) is 11.4. The molecule has 24 heavy (non-hydrogen) atoms. The third-order valence-electron chi connectivity index (χ3n) is 3.20. The van der Waals surface area contributed by atoms with Crippen LogP contribution in [0.25, 0.3) is 0 Å². The van der Waals surface area contributed by atoms with E-state index < -0.39 is 27.4 Å². The summed E-state index contributed by atoms with van der Waals surface area (Å²) in [6, 6.07) is 2.65. The molecule has 0 radical (unpaired) electrons. The molecule has 1 heterocycles. The van der Waals surface area contributed by atoms with Crippen molar-refractivity contribution in [2.24, 2.45) is 0 Å². The van der Waals surface area contributed by atoms with Crippen molar-refractivity contribution in [2.75, 3.05) is 23.7 Å². The van der Waals surface area contributed by atoms with Crippen molar-refractivity contribution in [2.45, 2.75) is 19.6 Å². The van der Waals surface area contributed by atoms with Crippen LogP contribution in [0.1, 0.15) is 17.0 Å². The predicted molar refractivity (Wildman–Crippen MR) is 88.4 cm³/mol. The van der Waals surface area contributed by atoms with E-state index in [9.17, 15) is 17.2 Å². The van der Waals surface area contributed by atoms with Crippen molar-refractivity contribution in [3.63, 3.8) is 0 Å². The number of hydrogen-bond acceptors (Lipinski definition) is 5. The van der Waals surface area contributed by atoms with Crippen LogP contribution in [0.15, 0.2) is 18.2 Å². The fraction of sp³-hybridized carbons (Fsp3) is 0.333. The van der Waals surface area contributed by atoms with Gasteiger partial charge in [-0.3, -0.25) is 4.72 Å². The topological polar surface area (TPSA) is 75.2 Å². The summed E-state index contributed by atoms with van der Waals surface area (Å²) in [5.74, 6) is -1.76. The summed E-state index contributed by atoms with van der Waals surface area (Å²) in [6.45, 7) is 3.31. The first kappa shape index (κ1) is 18.1. The van der Waals surface area contributed by atoms with Gasteiger partial charge in [-0.05, 0) is 31.5 Å². The molecule has 0 fully saturated rings. The standard InChI is InChI=1S/C15H18F2N4O2S/c1-9-14(10(2)19-15(18-9)21(3)4)20-24(22,23)8-11-5-12(16)7-13(17)6-11/h5-7,20H,8H2,1-4H3. The average Bonchev–Trinajstić information content (AvgIpc) is 2.40. The van der Waals surface area contributed by atoms with Crippen LogP contribution >= 0.6 is 0 Å². The Morgan fingerprint density at radius 2 is 1.54 bits per heavy atom. The molecule has 2 aromatic rings. The molecule has 0 spiro atoms. The van der Waals surface area contributed by atoms with E-state index in [1.807, 2.05) is 0 Å². The molecule has 1 N–H and O–H groups in total. The minimum Gasteiger partial charge on any atom is -0.347 e. The summed E-state index contributed by atoms with van der Waals surface area (Å²) >= 11 is 0. The lowest BCUT2D eigenvalue weighted by Gasteiger charge is -2.16. The zero-order valence-electron chi connectivity index (χ0n) is 13.8. The van der Waals surface area contributed by atoms with Gasteiger partial charge in [0, 0.05) is 20.2 Å². The smallest absolute Gasteiger partial charge is 0.237 e. The van der Waals surface area contributed by atoms with E-state index in [2.05, 4.69) is 14.7 Å². The number of anilines is 2. The lowest BCUT2D eigenvalue weighted by Crippen LogP contribution is -2.20. The van der Waals surface area contributed by atoms with Gasteiger partial charge in [0.25, 0.3) is 0 Å². The Morgan fingerprint density at radius 3 is 2.00 bits per heavy atom. The zero-order chi connectivity index (χ0) is 18.1. The van der Waals surface area contributed by atoms with E-state index in [0.29, 0.717) is 23.4 Å². The summed E-state index contributed by atoms with van der Waals surface area (Å²) < 4.78 is 53.4. The van der Waals surface area contributed by atoms with Gasteiger partial charge in [-0.1, -0.05) is 0 Å². The Kier molecular flexibility index (Phi) is 5.02. The van der Waals surface area contributed by atoms with E-state index in [0.717, 1.165) is 12.1 Å². The largest absolute Gasteiger partial charge is 0.347 e. The number of halogens is 2. The van der Waals surface area contributed by atoms with Crippen molar-refractivity contribution in [3.8, 4) is 0 Å². The average molecular weight is 356 g/mol. The SMILES string of the molecule is Cc1nc(N(C)C)nc(C)c1NS(=O)(=O)Cc1cc(F)cc(F)c1. The number of hydrogen-bond donors (Lipinski definition) is 1. The van der Waals surface area contributed by atoms with Crippen LogP contribution in [0.3, 0.4) is 0 Å². The maximum absolute atomic E-state index is 13.2. The zero-order valence-corrected chi connectivity index (χ0v) is 14.6. The van der Waals surface area contributed by atoms with Crippen LogP contribution in [0.2, 0.25) is 0 Å². The first-order chi connectivity index (χ1) is 11.1. The summed E-state index contributed by atoms with van der Waals surface area (Å²) in [6.07, 6.45) is 0. The Morgan fingerprint density at radius 1 is 1.04 bits per heavy atom. The molecule has 0 aliphatic heterocycles. The van der Waals surface area contributed by atoms with E-state index in [4.69, 9.17) is 0 Å². The van der Waals surface area contributed by atoms with E-state index in [-0.39, 0.29) is 11.3 Å². The molecule has 130 valence electrons. The molecular weight excluding hydrogens is 338 g/mol. The molecule has 6 nitrogen and oxygen atoms in total. The fourth-order valence-corrected chi connectivity index (χ4v) is 3.44. The molecule has 0 amide bonds. The lowest BCUT2D eigenvalue weighted by molar-refractivity contribution is 0.579. The quantitative estimate of drug-likeness (QED) is 0.890. The molecule has 1 aromatic heterocycles. The van der Waals surface area contributed by atoms with E-state index >= 15 is 0 Å². The van der Waals surface area contributed by atoms with Gasteiger partial charge in [0.05, 0.1) is 22.8 Å². The first-order valence-corrected chi connectivity index (χ1v) is 8.70. The number of rotatable bonds is 5. The molecule has 0 aliphatic rings. The summed E-state index contributed by atoms with van der Waals surface area (Å²) in [5, 5.41) is 0. The minimum atomic E-state index is -3.88. The predicted octanol–water partition coefficient (Wildman–Crippen LogP) is 2.38. The summed E-state index contributed by atoms with van der Waals surface area (Å²) in [7, 11) is -0.328. The molecule has 0 saturated carbocycles. The third-order valence-corrected chi connectivity index (χ3v) is 4.42. The second-order valence-corrected chi connectivity index (χ2v) is 7.32. The van der Waals surface area contributed by atoms with Crippen LogP contribution < -0.4 is 9.62 Å².